The van der Waals surface area contributed by atoms with E-state index >= 15 is 0 Å². The minimum atomic E-state index is 0.372. The first-order chi connectivity index (χ1) is 7.50. The molecule has 2 nitrogen and oxygen atoms in total. The van der Waals surface area contributed by atoms with Gasteiger partial charge in [-0.1, -0.05) is 20.3 Å². The number of hydrogen-bond acceptors (Lipinski definition) is 2. The van der Waals surface area contributed by atoms with Gasteiger partial charge >= 0.3 is 0 Å². The second-order valence-corrected chi connectivity index (χ2v) is 6.03. The van der Waals surface area contributed by atoms with Gasteiger partial charge in [0.15, 0.2) is 0 Å². The Hall–Kier alpha value is -0.0800. The Morgan fingerprint density at radius 2 is 1.94 bits per heavy atom. The van der Waals surface area contributed by atoms with Gasteiger partial charge in [-0.2, -0.15) is 0 Å². The molecular weight excluding hydrogens is 196 g/mol. The topological polar surface area (TPSA) is 29.3 Å². The first-order valence-electron chi connectivity index (χ1n) is 7.00. The van der Waals surface area contributed by atoms with Crippen molar-refractivity contribution in [3.8, 4) is 0 Å². The monoisotopic (exact) mass is 226 g/mol. The lowest BCUT2D eigenvalue weighted by Gasteiger charge is -2.41. The van der Waals surface area contributed by atoms with Gasteiger partial charge in [-0.25, -0.2) is 0 Å². The van der Waals surface area contributed by atoms with Crippen LogP contribution in [0.25, 0.3) is 0 Å². The SMILES string of the molecule is CC(N)CCCCN1CC(C)CC(C)C1C. The fourth-order valence-electron chi connectivity index (χ4n) is 2.91. The average molecular weight is 226 g/mol. The van der Waals surface area contributed by atoms with Crippen LogP contribution in [0.3, 0.4) is 0 Å². The number of nitrogens with zero attached hydrogens (tertiary/aromatic N) is 1. The summed E-state index contributed by atoms with van der Waals surface area (Å²) in [6.07, 6.45) is 5.17. The lowest BCUT2D eigenvalue weighted by molar-refractivity contribution is 0.0780. The molecule has 1 heterocycles. The van der Waals surface area contributed by atoms with Gasteiger partial charge in [0.25, 0.3) is 0 Å². The maximum absolute atomic E-state index is 5.77. The minimum absolute atomic E-state index is 0.372. The third kappa shape index (κ3) is 4.42. The van der Waals surface area contributed by atoms with Crippen LogP contribution in [0.5, 0.6) is 0 Å². The quantitative estimate of drug-likeness (QED) is 0.730. The zero-order chi connectivity index (χ0) is 12.1. The van der Waals surface area contributed by atoms with E-state index in [9.17, 15) is 0 Å². The van der Waals surface area contributed by atoms with Crippen LogP contribution in [0.1, 0.15) is 53.4 Å². The van der Waals surface area contributed by atoms with Gasteiger partial charge < -0.3 is 10.6 Å². The molecule has 2 N–H and O–H groups in total. The third-order valence-electron chi connectivity index (χ3n) is 4.07. The van der Waals surface area contributed by atoms with E-state index in [0.717, 1.165) is 17.9 Å². The zero-order valence-corrected chi connectivity index (χ0v) is 11.6. The summed E-state index contributed by atoms with van der Waals surface area (Å²) in [6, 6.07) is 1.14. The Morgan fingerprint density at radius 3 is 2.56 bits per heavy atom. The molecule has 0 bridgehead atoms. The Labute approximate surface area is 102 Å². The summed E-state index contributed by atoms with van der Waals surface area (Å²) in [5.41, 5.74) is 5.77. The first-order valence-corrected chi connectivity index (χ1v) is 7.00. The lowest BCUT2D eigenvalue weighted by Crippen LogP contribution is -2.46. The summed E-state index contributed by atoms with van der Waals surface area (Å²) >= 11 is 0. The molecule has 0 aromatic carbocycles. The third-order valence-corrected chi connectivity index (χ3v) is 4.07. The summed E-state index contributed by atoms with van der Waals surface area (Å²) in [5, 5.41) is 0. The van der Waals surface area contributed by atoms with Crippen LogP contribution in [-0.4, -0.2) is 30.1 Å². The average Bonchev–Trinajstić information content (AvgIpc) is 2.19. The highest BCUT2D eigenvalue weighted by Crippen LogP contribution is 2.26. The van der Waals surface area contributed by atoms with E-state index in [0.29, 0.717) is 6.04 Å². The van der Waals surface area contributed by atoms with E-state index in [-0.39, 0.29) is 0 Å². The van der Waals surface area contributed by atoms with Crippen molar-refractivity contribution in [1.29, 1.82) is 0 Å². The number of likely N-dealkylation sites (tertiary alicyclic amines) is 1. The Morgan fingerprint density at radius 1 is 1.25 bits per heavy atom. The number of rotatable bonds is 5. The fourth-order valence-corrected chi connectivity index (χ4v) is 2.91. The minimum Gasteiger partial charge on any atom is -0.328 e. The highest BCUT2D eigenvalue weighted by atomic mass is 15.2. The van der Waals surface area contributed by atoms with Crippen molar-refractivity contribution in [2.24, 2.45) is 17.6 Å². The number of unbranched alkanes of at least 4 members (excludes halogenated alkanes) is 1. The largest absolute Gasteiger partial charge is 0.328 e. The number of piperidine rings is 1. The molecule has 0 aromatic rings. The van der Waals surface area contributed by atoms with Gasteiger partial charge in [-0.05, 0) is 51.5 Å². The molecule has 1 rings (SSSR count). The molecule has 0 saturated carbocycles. The van der Waals surface area contributed by atoms with Crippen molar-refractivity contribution in [2.45, 2.75) is 65.5 Å². The summed E-state index contributed by atoms with van der Waals surface area (Å²) in [5.74, 6) is 1.73. The van der Waals surface area contributed by atoms with Crippen LogP contribution >= 0.6 is 0 Å². The molecule has 4 unspecified atom stereocenters. The van der Waals surface area contributed by atoms with Crippen LogP contribution in [0.15, 0.2) is 0 Å². The lowest BCUT2D eigenvalue weighted by atomic mass is 9.86. The predicted molar refractivity (Wildman–Crippen MR) is 71.5 cm³/mol. The van der Waals surface area contributed by atoms with Gasteiger partial charge in [-0.15, -0.1) is 0 Å². The molecule has 96 valence electrons. The van der Waals surface area contributed by atoms with Crippen LogP contribution in [-0.2, 0) is 0 Å². The summed E-state index contributed by atoms with van der Waals surface area (Å²) in [7, 11) is 0. The zero-order valence-electron chi connectivity index (χ0n) is 11.6. The molecule has 16 heavy (non-hydrogen) atoms. The van der Waals surface area contributed by atoms with Crippen molar-refractivity contribution in [2.75, 3.05) is 13.1 Å². The van der Waals surface area contributed by atoms with E-state index in [1.54, 1.807) is 0 Å². The van der Waals surface area contributed by atoms with Crippen molar-refractivity contribution in [3.63, 3.8) is 0 Å². The molecule has 4 atom stereocenters. The highest BCUT2D eigenvalue weighted by molar-refractivity contribution is 4.81. The Bertz CT molecular complexity index is 191. The Balaban J connectivity index is 2.24. The molecule has 1 fully saturated rings. The van der Waals surface area contributed by atoms with Crippen molar-refractivity contribution >= 4 is 0 Å². The maximum Gasteiger partial charge on any atom is 0.00927 e. The first kappa shape index (κ1) is 14.0. The molecule has 1 aliphatic rings. The predicted octanol–water partition coefficient (Wildman–Crippen LogP) is 2.87. The van der Waals surface area contributed by atoms with Gasteiger partial charge in [-0.3, -0.25) is 0 Å². The maximum atomic E-state index is 5.77. The highest BCUT2D eigenvalue weighted by Gasteiger charge is 2.27. The van der Waals surface area contributed by atoms with Crippen LogP contribution in [0, 0.1) is 11.8 Å². The van der Waals surface area contributed by atoms with Crippen molar-refractivity contribution in [1.82, 2.24) is 4.90 Å². The molecule has 0 amide bonds. The van der Waals surface area contributed by atoms with Gasteiger partial charge in [0, 0.05) is 18.6 Å². The standard InChI is InChI=1S/C14H30N2/c1-11-9-12(2)14(4)16(10-11)8-6-5-7-13(3)15/h11-14H,5-10,15H2,1-4H3. The molecular formula is C14H30N2. The van der Waals surface area contributed by atoms with Crippen LogP contribution in [0.4, 0.5) is 0 Å². The van der Waals surface area contributed by atoms with E-state index in [4.69, 9.17) is 5.73 Å². The number of hydrogen-bond donors (Lipinski definition) is 1. The van der Waals surface area contributed by atoms with Crippen LogP contribution in [0.2, 0.25) is 0 Å². The van der Waals surface area contributed by atoms with E-state index in [2.05, 4.69) is 32.6 Å². The molecule has 1 saturated heterocycles. The van der Waals surface area contributed by atoms with E-state index < -0.39 is 0 Å². The van der Waals surface area contributed by atoms with Gasteiger partial charge in [0.2, 0.25) is 0 Å². The fraction of sp³-hybridized carbons (Fsp3) is 1.00. The normalized spacial score (nSPS) is 33.9. The summed E-state index contributed by atoms with van der Waals surface area (Å²) in [6.45, 7) is 11.8. The van der Waals surface area contributed by atoms with Gasteiger partial charge in [0.05, 0.1) is 0 Å². The molecule has 0 spiro atoms. The summed E-state index contributed by atoms with van der Waals surface area (Å²) in [4.78, 5) is 2.68. The van der Waals surface area contributed by atoms with Crippen molar-refractivity contribution in [3.05, 3.63) is 0 Å². The summed E-state index contributed by atoms with van der Waals surface area (Å²) < 4.78 is 0. The van der Waals surface area contributed by atoms with Gasteiger partial charge in [0.1, 0.15) is 0 Å². The molecule has 0 aromatic heterocycles. The smallest absolute Gasteiger partial charge is 0.00927 e. The number of nitrogens with two attached hydrogens (primary N) is 1. The second kappa shape index (κ2) is 6.61. The van der Waals surface area contributed by atoms with E-state index in [1.807, 2.05) is 0 Å². The molecule has 2 heteroatoms. The molecule has 0 aliphatic carbocycles. The second-order valence-electron chi connectivity index (χ2n) is 6.03. The van der Waals surface area contributed by atoms with E-state index in [1.165, 1.54) is 38.8 Å². The van der Waals surface area contributed by atoms with Crippen molar-refractivity contribution < 1.29 is 0 Å². The van der Waals surface area contributed by atoms with Crippen LogP contribution < -0.4 is 5.73 Å². The molecule has 0 radical (unpaired) electrons. The Kier molecular flexibility index (Phi) is 5.77. The molecule has 1 aliphatic heterocycles.